The molecule has 0 saturated heterocycles. The minimum absolute atomic E-state index is 0.00870. The van der Waals surface area contributed by atoms with Crippen LogP contribution in [0.15, 0.2) is 12.1 Å². The number of hydrogen-bond donors (Lipinski definition) is 0. The van der Waals surface area contributed by atoms with Gasteiger partial charge < -0.3 is 4.74 Å². The van der Waals surface area contributed by atoms with E-state index in [-0.39, 0.29) is 5.56 Å². The maximum Gasteiger partial charge on any atom is 0.340 e. The van der Waals surface area contributed by atoms with E-state index in [1.165, 1.54) is 13.2 Å². The molecule has 0 atom stereocenters. The molecule has 0 aromatic heterocycles. The Hall–Kier alpha value is -1.38. The van der Waals surface area contributed by atoms with Crippen molar-refractivity contribution >= 4 is 5.97 Å². The van der Waals surface area contributed by atoms with Gasteiger partial charge in [-0.2, -0.15) is 0 Å². The van der Waals surface area contributed by atoms with Crippen molar-refractivity contribution in [3.05, 3.63) is 34.6 Å². The summed E-state index contributed by atoms with van der Waals surface area (Å²) < 4.78 is 17.8. The molecule has 1 aromatic carbocycles. The smallest absolute Gasteiger partial charge is 0.340 e. The average Bonchev–Trinajstić information content (AvgIpc) is 2.28. The summed E-state index contributed by atoms with van der Waals surface area (Å²) in [6.45, 7) is 7.43. The van der Waals surface area contributed by atoms with Crippen molar-refractivity contribution in [2.24, 2.45) is 0 Å². The lowest BCUT2D eigenvalue weighted by Gasteiger charge is -2.05. The minimum Gasteiger partial charge on any atom is -0.465 e. The zero-order valence-electron chi connectivity index (χ0n) is 9.85. The minimum atomic E-state index is -0.638. The molecule has 3 heteroatoms. The van der Waals surface area contributed by atoms with Gasteiger partial charge in [-0.15, -0.1) is 0 Å². The standard InChI is InChI=1S/C10H11FO2.C2H6/c1-6-4-5-8(10(12)13-3)9(11)7(6)2;1-2/h4-5H,1-3H3;1-2H3. The Kier molecular flexibility index (Phi) is 5.60. The maximum absolute atomic E-state index is 13.4. The third kappa shape index (κ3) is 3.05. The Morgan fingerprint density at radius 1 is 1.27 bits per heavy atom. The van der Waals surface area contributed by atoms with E-state index in [9.17, 15) is 9.18 Å². The lowest BCUT2D eigenvalue weighted by Crippen LogP contribution is -2.06. The number of methoxy groups -OCH3 is 1. The Morgan fingerprint density at radius 2 is 1.80 bits per heavy atom. The van der Waals surface area contributed by atoms with Crippen LogP contribution < -0.4 is 0 Å². The lowest BCUT2D eigenvalue weighted by molar-refractivity contribution is 0.0595. The summed E-state index contributed by atoms with van der Waals surface area (Å²) in [6, 6.07) is 3.13. The molecule has 0 fully saturated rings. The maximum atomic E-state index is 13.4. The van der Waals surface area contributed by atoms with E-state index in [1.807, 2.05) is 13.8 Å². The molecule has 0 amide bonds. The number of hydrogen-bond acceptors (Lipinski definition) is 2. The number of benzene rings is 1. The third-order valence-corrected chi connectivity index (χ3v) is 2.06. The molecular formula is C12H17FO2. The Balaban J connectivity index is 0.000000921. The second-order valence-electron chi connectivity index (χ2n) is 2.86. The molecular weight excluding hydrogens is 195 g/mol. The summed E-state index contributed by atoms with van der Waals surface area (Å²) in [4.78, 5) is 11.0. The molecule has 1 rings (SSSR count). The predicted molar refractivity (Wildman–Crippen MR) is 58.6 cm³/mol. The van der Waals surface area contributed by atoms with Gasteiger partial charge in [0, 0.05) is 0 Å². The van der Waals surface area contributed by atoms with Crippen molar-refractivity contribution in [1.82, 2.24) is 0 Å². The van der Waals surface area contributed by atoms with Gasteiger partial charge >= 0.3 is 5.97 Å². The van der Waals surface area contributed by atoms with E-state index in [2.05, 4.69) is 4.74 Å². The second kappa shape index (κ2) is 6.17. The van der Waals surface area contributed by atoms with Crippen LogP contribution in [0.3, 0.4) is 0 Å². The number of ether oxygens (including phenoxy) is 1. The zero-order valence-corrected chi connectivity index (χ0v) is 9.85. The summed E-state index contributed by atoms with van der Waals surface area (Å²) in [6.07, 6.45) is 0. The van der Waals surface area contributed by atoms with Crippen LogP contribution in [0.25, 0.3) is 0 Å². The van der Waals surface area contributed by atoms with Crippen molar-refractivity contribution in [2.45, 2.75) is 27.7 Å². The molecule has 0 saturated carbocycles. The van der Waals surface area contributed by atoms with Crippen LogP contribution in [0, 0.1) is 19.7 Å². The van der Waals surface area contributed by atoms with E-state index in [0.717, 1.165) is 5.56 Å². The van der Waals surface area contributed by atoms with Gasteiger partial charge in [-0.05, 0) is 31.0 Å². The number of aryl methyl sites for hydroxylation is 1. The van der Waals surface area contributed by atoms with Crippen molar-refractivity contribution in [3.63, 3.8) is 0 Å². The molecule has 2 nitrogen and oxygen atoms in total. The molecule has 0 aliphatic heterocycles. The van der Waals surface area contributed by atoms with Crippen LogP contribution in [-0.4, -0.2) is 13.1 Å². The molecule has 0 radical (unpaired) electrons. The van der Waals surface area contributed by atoms with E-state index >= 15 is 0 Å². The lowest BCUT2D eigenvalue weighted by atomic mass is 10.1. The first-order valence-electron chi connectivity index (χ1n) is 4.92. The van der Waals surface area contributed by atoms with Crippen molar-refractivity contribution in [2.75, 3.05) is 7.11 Å². The quantitative estimate of drug-likeness (QED) is 0.668. The molecule has 0 spiro atoms. The normalized spacial score (nSPS) is 8.93. The molecule has 0 N–H and O–H groups in total. The van der Waals surface area contributed by atoms with Gasteiger partial charge in [0.1, 0.15) is 5.82 Å². The molecule has 0 aliphatic rings. The van der Waals surface area contributed by atoms with Gasteiger partial charge in [0.05, 0.1) is 12.7 Å². The Bertz CT molecular complexity index is 346. The summed E-state index contributed by atoms with van der Waals surface area (Å²) in [5, 5.41) is 0. The number of halogens is 1. The van der Waals surface area contributed by atoms with Gasteiger partial charge in [0.15, 0.2) is 0 Å². The van der Waals surface area contributed by atoms with Crippen LogP contribution in [0.1, 0.15) is 35.3 Å². The van der Waals surface area contributed by atoms with Gasteiger partial charge in [0.2, 0.25) is 0 Å². The van der Waals surface area contributed by atoms with Crippen LogP contribution in [0.5, 0.6) is 0 Å². The van der Waals surface area contributed by atoms with Crippen LogP contribution in [-0.2, 0) is 4.74 Å². The monoisotopic (exact) mass is 212 g/mol. The van der Waals surface area contributed by atoms with Gasteiger partial charge in [-0.25, -0.2) is 9.18 Å². The van der Waals surface area contributed by atoms with E-state index in [0.29, 0.717) is 5.56 Å². The highest BCUT2D eigenvalue weighted by atomic mass is 19.1. The van der Waals surface area contributed by atoms with E-state index < -0.39 is 11.8 Å². The Morgan fingerprint density at radius 3 is 2.27 bits per heavy atom. The molecule has 0 aliphatic carbocycles. The van der Waals surface area contributed by atoms with Crippen LogP contribution in [0.2, 0.25) is 0 Å². The fraction of sp³-hybridized carbons (Fsp3) is 0.417. The highest BCUT2D eigenvalue weighted by molar-refractivity contribution is 5.89. The first-order valence-corrected chi connectivity index (χ1v) is 4.92. The molecule has 84 valence electrons. The molecule has 0 heterocycles. The number of rotatable bonds is 1. The van der Waals surface area contributed by atoms with Crippen LogP contribution in [0.4, 0.5) is 4.39 Å². The molecule has 0 unspecified atom stereocenters. The first-order chi connectivity index (χ1) is 7.07. The van der Waals surface area contributed by atoms with Gasteiger partial charge in [-0.1, -0.05) is 19.9 Å². The number of carbonyl (C=O) groups is 1. The van der Waals surface area contributed by atoms with E-state index in [1.54, 1.807) is 19.9 Å². The van der Waals surface area contributed by atoms with Crippen molar-refractivity contribution in [1.29, 1.82) is 0 Å². The summed E-state index contributed by atoms with van der Waals surface area (Å²) >= 11 is 0. The van der Waals surface area contributed by atoms with Crippen LogP contribution >= 0.6 is 0 Å². The predicted octanol–water partition coefficient (Wildman–Crippen LogP) is 3.26. The average molecular weight is 212 g/mol. The van der Waals surface area contributed by atoms with Crippen molar-refractivity contribution < 1.29 is 13.9 Å². The second-order valence-corrected chi connectivity index (χ2v) is 2.86. The highest BCUT2D eigenvalue weighted by Crippen LogP contribution is 2.16. The topological polar surface area (TPSA) is 26.3 Å². The fourth-order valence-corrected chi connectivity index (χ4v) is 1.05. The third-order valence-electron chi connectivity index (χ3n) is 2.06. The highest BCUT2D eigenvalue weighted by Gasteiger charge is 2.14. The summed E-state index contributed by atoms with van der Waals surface area (Å²) in [5.41, 5.74) is 1.30. The summed E-state index contributed by atoms with van der Waals surface area (Å²) in [5.74, 6) is -1.13. The first kappa shape index (κ1) is 13.6. The SMILES string of the molecule is CC.COC(=O)c1ccc(C)c(C)c1F. The molecule has 1 aromatic rings. The van der Waals surface area contributed by atoms with Crippen molar-refractivity contribution in [3.8, 4) is 0 Å². The van der Waals surface area contributed by atoms with E-state index in [4.69, 9.17) is 0 Å². The van der Waals surface area contributed by atoms with Gasteiger partial charge in [-0.3, -0.25) is 0 Å². The zero-order chi connectivity index (χ0) is 12.0. The summed E-state index contributed by atoms with van der Waals surface area (Å²) in [7, 11) is 1.23. The molecule has 15 heavy (non-hydrogen) atoms. The largest absolute Gasteiger partial charge is 0.465 e. The number of esters is 1. The Labute approximate surface area is 90.1 Å². The molecule has 0 bridgehead atoms. The number of carbonyl (C=O) groups excluding carboxylic acids is 1. The van der Waals surface area contributed by atoms with Gasteiger partial charge in [0.25, 0.3) is 0 Å². The fourth-order valence-electron chi connectivity index (χ4n) is 1.05.